The number of esters is 2. The number of carbonyl (C=O) groups excluding carboxylic acids is 4. The largest absolute Gasteiger partial charge is 0.461 e. The highest BCUT2D eigenvalue weighted by atomic mass is 16.6. The van der Waals surface area contributed by atoms with Gasteiger partial charge in [-0.2, -0.15) is 0 Å². The van der Waals surface area contributed by atoms with Crippen LogP contribution in [0.4, 0.5) is 0 Å². The van der Waals surface area contributed by atoms with Crippen LogP contribution in [0.3, 0.4) is 0 Å². The van der Waals surface area contributed by atoms with E-state index in [1.54, 1.807) is 20.8 Å². The Morgan fingerprint density at radius 2 is 1.26 bits per heavy atom. The molecule has 0 unspecified atom stereocenters. The van der Waals surface area contributed by atoms with Crippen LogP contribution in [0.1, 0.15) is 77.0 Å². The first-order chi connectivity index (χ1) is 21.9. The molecule has 1 amide bonds. The minimum absolute atomic E-state index is 0.0824. The number of nitrogens with one attached hydrogen (secondary N) is 1. The highest BCUT2D eigenvalue weighted by molar-refractivity contribution is 5.93. The van der Waals surface area contributed by atoms with Gasteiger partial charge in [0, 0.05) is 12.3 Å². The molecule has 0 aliphatic heterocycles. The van der Waals surface area contributed by atoms with Crippen molar-refractivity contribution < 1.29 is 28.7 Å². The van der Waals surface area contributed by atoms with Crippen molar-refractivity contribution in [1.82, 2.24) is 5.32 Å². The molecule has 0 fully saturated rings. The minimum Gasteiger partial charge on any atom is -0.461 e. The summed E-state index contributed by atoms with van der Waals surface area (Å²) in [5, 5.41) is 2.97. The normalized spacial score (nSPS) is 13.3. The van der Waals surface area contributed by atoms with Crippen LogP contribution in [0.2, 0.25) is 0 Å². The second kappa shape index (κ2) is 18.0. The first kappa shape index (κ1) is 36.2. The van der Waals surface area contributed by atoms with Gasteiger partial charge in [-0.3, -0.25) is 19.2 Å². The molecule has 0 aliphatic rings. The van der Waals surface area contributed by atoms with Crippen molar-refractivity contribution in [3.63, 3.8) is 0 Å². The van der Waals surface area contributed by atoms with Crippen molar-refractivity contribution in [2.75, 3.05) is 0 Å². The van der Waals surface area contributed by atoms with Gasteiger partial charge in [0.1, 0.15) is 12.2 Å². The maximum absolute atomic E-state index is 13.9. The van der Waals surface area contributed by atoms with Crippen molar-refractivity contribution in [2.24, 2.45) is 17.8 Å². The summed E-state index contributed by atoms with van der Waals surface area (Å²) in [4.78, 5) is 53.9. The van der Waals surface area contributed by atoms with E-state index < -0.39 is 35.4 Å². The third kappa shape index (κ3) is 13.4. The number of ether oxygens (including phenoxy) is 2. The third-order valence-electron chi connectivity index (χ3n) is 7.57. The first-order valence-electron chi connectivity index (χ1n) is 16.2. The molecule has 3 aromatic carbocycles. The van der Waals surface area contributed by atoms with E-state index in [0.29, 0.717) is 25.7 Å². The van der Waals surface area contributed by atoms with Gasteiger partial charge in [0.05, 0.1) is 18.4 Å². The average Bonchev–Trinajstić information content (AvgIpc) is 3.01. The zero-order valence-electron chi connectivity index (χ0n) is 27.9. The summed E-state index contributed by atoms with van der Waals surface area (Å²) in [6.45, 7) is 9.44. The quantitative estimate of drug-likeness (QED) is 0.161. The van der Waals surface area contributed by atoms with Gasteiger partial charge < -0.3 is 14.8 Å². The Hall–Kier alpha value is -4.26. The summed E-state index contributed by atoms with van der Waals surface area (Å²) in [5.41, 5.74) is 2.14. The average molecular weight is 628 g/mol. The van der Waals surface area contributed by atoms with E-state index in [0.717, 1.165) is 16.7 Å². The number of Topliss-reactive ketones (excluding diaryl/α,β-unsaturated/α-hetero) is 1. The van der Waals surface area contributed by atoms with E-state index in [9.17, 15) is 19.2 Å². The van der Waals surface area contributed by atoms with Crippen LogP contribution in [-0.2, 0) is 48.1 Å². The number of hydrogen-bond donors (Lipinski definition) is 1. The van der Waals surface area contributed by atoms with Gasteiger partial charge in [-0.15, -0.1) is 0 Å². The molecule has 3 aromatic rings. The predicted octanol–water partition coefficient (Wildman–Crippen LogP) is 7.06. The molecule has 7 heteroatoms. The second-order valence-electron chi connectivity index (χ2n) is 13.4. The number of hydrogen-bond acceptors (Lipinski definition) is 6. The first-order valence-corrected chi connectivity index (χ1v) is 16.2. The van der Waals surface area contributed by atoms with Crippen LogP contribution >= 0.6 is 0 Å². The van der Waals surface area contributed by atoms with E-state index in [-0.39, 0.29) is 37.1 Å². The lowest BCUT2D eigenvalue weighted by atomic mass is 9.89. The molecular weight excluding hydrogens is 578 g/mol. The fourth-order valence-corrected chi connectivity index (χ4v) is 5.30. The molecule has 246 valence electrons. The van der Waals surface area contributed by atoms with E-state index in [2.05, 4.69) is 5.32 Å². The van der Waals surface area contributed by atoms with Crippen LogP contribution in [-0.4, -0.2) is 35.3 Å². The van der Waals surface area contributed by atoms with Crippen LogP contribution in [0.5, 0.6) is 0 Å². The topological polar surface area (TPSA) is 98.8 Å². The zero-order chi connectivity index (χ0) is 33.5. The number of rotatable bonds is 17. The van der Waals surface area contributed by atoms with Crippen LogP contribution in [0.25, 0.3) is 0 Å². The summed E-state index contributed by atoms with van der Waals surface area (Å²) in [5.74, 6) is -2.83. The van der Waals surface area contributed by atoms with Gasteiger partial charge >= 0.3 is 11.9 Å². The number of amides is 1. The van der Waals surface area contributed by atoms with Gasteiger partial charge in [-0.25, -0.2) is 0 Å². The molecule has 1 N–H and O–H groups in total. The van der Waals surface area contributed by atoms with Gasteiger partial charge in [0.2, 0.25) is 5.91 Å². The van der Waals surface area contributed by atoms with E-state index in [1.807, 2.05) is 105 Å². The predicted molar refractivity (Wildman–Crippen MR) is 180 cm³/mol. The Bertz CT molecular complexity index is 1380. The highest BCUT2D eigenvalue weighted by Gasteiger charge is 2.32. The molecule has 7 nitrogen and oxygen atoms in total. The second-order valence-corrected chi connectivity index (χ2v) is 13.4. The van der Waals surface area contributed by atoms with E-state index in [1.165, 1.54) is 0 Å². The summed E-state index contributed by atoms with van der Waals surface area (Å²) in [6, 6.07) is 27.9. The third-order valence-corrected chi connectivity index (χ3v) is 7.57. The molecule has 0 spiro atoms. The molecular formula is C39H49NO6. The smallest absolute Gasteiger partial charge is 0.310 e. The Balaban J connectivity index is 1.77. The molecule has 46 heavy (non-hydrogen) atoms. The summed E-state index contributed by atoms with van der Waals surface area (Å²) >= 11 is 0. The Morgan fingerprint density at radius 3 is 1.80 bits per heavy atom. The Morgan fingerprint density at radius 1 is 0.717 bits per heavy atom. The monoisotopic (exact) mass is 627 g/mol. The maximum Gasteiger partial charge on any atom is 0.310 e. The summed E-state index contributed by atoms with van der Waals surface area (Å²) in [6.07, 6.45) is 1.57. The summed E-state index contributed by atoms with van der Waals surface area (Å²) < 4.78 is 11.2. The Kier molecular flexibility index (Phi) is 14.2. The lowest BCUT2D eigenvalue weighted by Crippen LogP contribution is -2.46. The number of benzene rings is 3. The lowest BCUT2D eigenvalue weighted by Gasteiger charge is -2.26. The van der Waals surface area contributed by atoms with Crippen molar-refractivity contribution in [3.05, 3.63) is 108 Å². The molecule has 3 atom stereocenters. The van der Waals surface area contributed by atoms with Gasteiger partial charge in [-0.1, -0.05) is 105 Å². The number of aryl methyl sites for hydroxylation is 1. The maximum atomic E-state index is 13.9. The molecule has 0 aromatic heterocycles. The fraction of sp³-hybridized carbons (Fsp3) is 0.436. The minimum atomic E-state index is -0.814. The zero-order valence-corrected chi connectivity index (χ0v) is 27.9. The van der Waals surface area contributed by atoms with Crippen molar-refractivity contribution in [2.45, 2.75) is 91.4 Å². The van der Waals surface area contributed by atoms with E-state index >= 15 is 0 Å². The van der Waals surface area contributed by atoms with E-state index in [4.69, 9.17) is 9.47 Å². The molecule has 0 saturated carbocycles. The summed E-state index contributed by atoms with van der Waals surface area (Å²) in [7, 11) is 0. The number of ketones is 1. The molecule has 0 radical (unpaired) electrons. The standard InChI is InChI=1S/C39H49NO6/c1-28(2)23-34(40-37(43)32(26-36(42)46-39(3,4)5)22-21-29-15-9-6-10-16-29)35(41)25-33(24-30-17-11-7-12-18-30)38(44)45-27-31-19-13-8-14-20-31/h6-20,28,32-34H,21-27H2,1-5H3,(H,40,43)/t32-,33+,34-/m0/s1. The Labute approximate surface area is 274 Å². The molecule has 0 heterocycles. The van der Waals surface area contributed by atoms with Gasteiger partial charge in [-0.05, 0) is 69.1 Å². The van der Waals surface area contributed by atoms with Crippen molar-refractivity contribution in [1.29, 1.82) is 0 Å². The highest BCUT2D eigenvalue weighted by Crippen LogP contribution is 2.21. The molecule has 3 rings (SSSR count). The molecule has 0 bridgehead atoms. The van der Waals surface area contributed by atoms with Gasteiger partial charge in [0.15, 0.2) is 5.78 Å². The van der Waals surface area contributed by atoms with Crippen molar-refractivity contribution in [3.8, 4) is 0 Å². The fourth-order valence-electron chi connectivity index (χ4n) is 5.30. The van der Waals surface area contributed by atoms with Crippen LogP contribution < -0.4 is 5.32 Å². The molecule has 0 saturated heterocycles. The van der Waals surface area contributed by atoms with Crippen LogP contribution in [0, 0.1) is 17.8 Å². The number of carbonyl (C=O) groups is 4. The van der Waals surface area contributed by atoms with Crippen LogP contribution in [0.15, 0.2) is 91.0 Å². The van der Waals surface area contributed by atoms with Crippen molar-refractivity contribution >= 4 is 23.6 Å². The molecule has 0 aliphatic carbocycles. The van der Waals surface area contributed by atoms with Gasteiger partial charge in [0.25, 0.3) is 0 Å². The lowest BCUT2D eigenvalue weighted by molar-refractivity contribution is -0.157. The SMILES string of the molecule is CC(C)C[C@H](NC(=O)[C@@H](CCc1ccccc1)CC(=O)OC(C)(C)C)C(=O)C[C@@H](Cc1ccccc1)C(=O)OCc1ccccc1.